The fourth-order valence-corrected chi connectivity index (χ4v) is 5.59. The summed E-state index contributed by atoms with van der Waals surface area (Å²) in [5.41, 5.74) is -3.33. The third kappa shape index (κ3) is 3.98. The van der Waals surface area contributed by atoms with Crippen LogP contribution in [0.2, 0.25) is 0 Å². The third-order valence-corrected chi connectivity index (χ3v) is 7.70. The number of Topliss-reactive ketones (excluding diaryl/α,β-unsaturated/α-hetero) is 1. The van der Waals surface area contributed by atoms with E-state index in [1.165, 1.54) is 32.2 Å². The van der Waals surface area contributed by atoms with Crippen molar-refractivity contribution in [3.05, 3.63) is 51.6 Å². The van der Waals surface area contributed by atoms with Crippen LogP contribution >= 0.6 is 0 Å². The van der Waals surface area contributed by atoms with Crippen LogP contribution in [0.4, 0.5) is 0 Å². The van der Waals surface area contributed by atoms with Crippen LogP contribution in [0.25, 0.3) is 0 Å². The number of oxime groups is 1. The lowest BCUT2D eigenvalue weighted by atomic mass is 9.72. The summed E-state index contributed by atoms with van der Waals surface area (Å²) in [6, 6.07) is 4.39. The van der Waals surface area contributed by atoms with Gasteiger partial charge in [-0.1, -0.05) is 17.3 Å². The number of benzene rings is 2. The molecule has 2 aromatic rings. The highest BCUT2D eigenvalue weighted by Gasteiger charge is 2.49. The number of carbonyl (C=O) groups excluding carboxylic acids is 3. The summed E-state index contributed by atoms with van der Waals surface area (Å²) in [4.78, 5) is 39.6. The molecule has 3 aliphatic rings. The normalized spacial score (nSPS) is 29.0. The van der Waals surface area contributed by atoms with Gasteiger partial charge in [0, 0.05) is 36.0 Å². The van der Waals surface area contributed by atoms with Crippen LogP contribution in [-0.2, 0) is 20.7 Å². The van der Waals surface area contributed by atoms with Gasteiger partial charge in [0.05, 0.1) is 41.7 Å². The first-order chi connectivity index (χ1) is 18.4. The topological polar surface area (TPSA) is 192 Å². The minimum absolute atomic E-state index is 0.0291. The first-order valence-electron chi connectivity index (χ1n) is 12.2. The van der Waals surface area contributed by atoms with Crippen molar-refractivity contribution in [1.29, 1.82) is 0 Å². The number of ether oxygens (including phenoxy) is 3. The maximum absolute atomic E-state index is 13.6. The van der Waals surface area contributed by atoms with E-state index in [9.17, 15) is 40.0 Å². The Morgan fingerprint density at radius 1 is 1.13 bits per heavy atom. The van der Waals surface area contributed by atoms with Crippen LogP contribution in [0.15, 0.2) is 23.4 Å². The first-order valence-corrected chi connectivity index (χ1v) is 12.2. The van der Waals surface area contributed by atoms with Gasteiger partial charge in [0.1, 0.15) is 29.0 Å². The monoisotopic (exact) mass is 541 g/mol. The molecule has 2 aliphatic carbocycles. The summed E-state index contributed by atoms with van der Waals surface area (Å²) in [6.07, 6.45) is -5.55. The molecule has 39 heavy (non-hydrogen) atoms. The van der Waals surface area contributed by atoms with E-state index >= 15 is 0 Å². The van der Waals surface area contributed by atoms with E-state index in [1.807, 2.05) is 0 Å². The second-order valence-corrected chi connectivity index (χ2v) is 9.98. The maximum atomic E-state index is 13.6. The van der Waals surface area contributed by atoms with Gasteiger partial charge in [0.25, 0.3) is 0 Å². The highest BCUT2D eigenvalue weighted by atomic mass is 16.7. The summed E-state index contributed by atoms with van der Waals surface area (Å²) in [5, 5.41) is 56.5. The average molecular weight is 542 g/mol. The number of rotatable bonds is 4. The van der Waals surface area contributed by atoms with Crippen molar-refractivity contribution in [2.24, 2.45) is 5.16 Å². The Morgan fingerprint density at radius 3 is 2.46 bits per heavy atom. The van der Waals surface area contributed by atoms with Crippen molar-refractivity contribution in [3.63, 3.8) is 0 Å². The zero-order valence-corrected chi connectivity index (χ0v) is 21.3. The summed E-state index contributed by atoms with van der Waals surface area (Å²) in [6.45, 7) is 2.67. The second kappa shape index (κ2) is 9.42. The van der Waals surface area contributed by atoms with E-state index in [0.29, 0.717) is 0 Å². The number of aliphatic hydroxyl groups excluding tert-OH is 1. The molecule has 12 heteroatoms. The molecule has 0 bridgehead atoms. The summed E-state index contributed by atoms with van der Waals surface area (Å²) < 4.78 is 17.0. The number of fused-ring (bicyclic) bond motifs is 3. The van der Waals surface area contributed by atoms with E-state index in [4.69, 9.17) is 14.2 Å². The third-order valence-electron chi connectivity index (χ3n) is 7.70. The van der Waals surface area contributed by atoms with Crippen molar-refractivity contribution in [1.82, 2.24) is 0 Å². The number of phenolic OH excluding ortho intramolecular Hbond substituents is 2. The number of carbonyl (C=O) groups is 3. The van der Waals surface area contributed by atoms with E-state index in [-0.39, 0.29) is 46.6 Å². The fourth-order valence-electron chi connectivity index (χ4n) is 5.59. The number of aromatic hydroxyl groups is 2. The molecule has 0 amide bonds. The van der Waals surface area contributed by atoms with Crippen LogP contribution in [0.3, 0.4) is 0 Å². The van der Waals surface area contributed by atoms with Crippen LogP contribution < -0.4 is 4.74 Å². The predicted molar refractivity (Wildman–Crippen MR) is 132 cm³/mol. The summed E-state index contributed by atoms with van der Waals surface area (Å²) >= 11 is 0. The molecule has 5 atom stereocenters. The Bertz CT molecular complexity index is 1450. The highest BCUT2D eigenvalue weighted by molar-refractivity contribution is 6.31. The molecule has 2 aromatic carbocycles. The quantitative estimate of drug-likeness (QED) is 0.183. The number of methoxy groups -OCH3 is 1. The molecular formula is C27H27NO11. The number of phenols is 2. The highest BCUT2D eigenvalue weighted by Crippen LogP contribution is 2.52. The molecule has 5 N–H and O–H groups in total. The minimum Gasteiger partial charge on any atom is -0.507 e. The zero-order valence-electron chi connectivity index (χ0n) is 21.3. The molecule has 0 unspecified atom stereocenters. The maximum Gasteiger partial charge on any atom is 0.202 e. The fraction of sp³-hybridized carbons (Fsp3) is 0.407. The van der Waals surface area contributed by atoms with Gasteiger partial charge < -0.3 is 39.8 Å². The number of hydrogen-bond acceptors (Lipinski definition) is 12. The molecule has 1 heterocycles. The lowest BCUT2D eigenvalue weighted by molar-refractivity contribution is -0.220. The van der Waals surface area contributed by atoms with Crippen molar-refractivity contribution < 1.29 is 54.2 Å². The molecule has 1 fully saturated rings. The van der Waals surface area contributed by atoms with Crippen LogP contribution in [0.5, 0.6) is 17.2 Å². The Morgan fingerprint density at radius 2 is 1.82 bits per heavy atom. The number of aliphatic hydroxyl groups is 2. The Balaban J connectivity index is 1.68. The molecule has 1 aliphatic heterocycles. The van der Waals surface area contributed by atoms with E-state index in [2.05, 4.69) is 5.16 Å². The van der Waals surface area contributed by atoms with Gasteiger partial charge >= 0.3 is 0 Å². The Hall–Kier alpha value is -3.84. The smallest absolute Gasteiger partial charge is 0.202 e. The summed E-state index contributed by atoms with van der Waals surface area (Å²) in [7, 11) is 1.32. The molecular weight excluding hydrogens is 514 g/mol. The van der Waals surface area contributed by atoms with Crippen molar-refractivity contribution >= 4 is 23.1 Å². The van der Waals surface area contributed by atoms with Crippen molar-refractivity contribution in [2.75, 3.05) is 7.11 Å². The van der Waals surface area contributed by atoms with Gasteiger partial charge in [-0.05, 0) is 19.9 Å². The SMILES string of the molecule is COc1cccc2c1C(=O)c1c(O)c3c(c(O)c1C2=O)C[C@@](O)(C(C)=O)C[C@@H]3O[C@H]1C/C(=N\O)[C@H](O)[C@H](C)O1. The van der Waals surface area contributed by atoms with Crippen molar-refractivity contribution in [2.45, 2.75) is 63.3 Å². The molecule has 1 saturated heterocycles. The Kier molecular flexibility index (Phi) is 6.46. The van der Waals surface area contributed by atoms with Crippen molar-refractivity contribution in [3.8, 4) is 17.2 Å². The predicted octanol–water partition coefficient (Wildman–Crippen LogP) is 1.53. The van der Waals surface area contributed by atoms with E-state index in [1.54, 1.807) is 0 Å². The van der Waals surface area contributed by atoms with Gasteiger partial charge in [-0.25, -0.2) is 0 Å². The van der Waals surface area contributed by atoms with Crippen LogP contribution in [-0.4, -0.2) is 79.9 Å². The van der Waals surface area contributed by atoms with E-state index < -0.39 is 76.6 Å². The van der Waals surface area contributed by atoms with E-state index in [0.717, 1.165) is 6.92 Å². The molecule has 0 saturated carbocycles. The van der Waals surface area contributed by atoms with Gasteiger partial charge in [-0.2, -0.15) is 0 Å². The molecule has 12 nitrogen and oxygen atoms in total. The minimum atomic E-state index is -2.05. The molecule has 5 rings (SSSR count). The molecule has 0 spiro atoms. The van der Waals surface area contributed by atoms with Gasteiger partial charge in [-0.3, -0.25) is 14.4 Å². The van der Waals surface area contributed by atoms with Gasteiger partial charge in [0.2, 0.25) is 5.78 Å². The van der Waals surface area contributed by atoms with Gasteiger partial charge in [-0.15, -0.1) is 0 Å². The largest absolute Gasteiger partial charge is 0.507 e. The lowest BCUT2D eigenvalue weighted by Crippen LogP contribution is -2.48. The number of ketones is 3. The van der Waals surface area contributed by atoms with Crippen LogP contribution in [0.1, 0.15) is 75.8 Å². The first kappa shape index (κ1) is 26.8. The molecule has 0 aromatic heterocycles. The summed E-state index contributed by atoms with van der Waals surface area (Å²) in [5.74, 6) is -3.37. The van der Waals surface area contributed by atoms with Gasteiger partial charge in [0.15, 0.2) is 17.9 Å². The number of hydrogen-bond donors (Lipinski definition) is 5. The van der Waals surface area contributed by atoms with Crippen LogP contribution in [0, 0.1) is 0 Å². The second-order valence-electron chi connectivity index (χ2n) is 9.98. The number of nitrogens with zero attached hydrogens (tertiary/aromatic N) is 1. The standard InChI is InChI=1S/C27H27NO11/c1-10-22(30)14(28-36)7-17(38-10)39-16-9-27(35,11(2)29)8-13-19(16)26(34)21-20(24(13)32)23(31)12-5-4-6-15(37-3)18(12)25(21)33/h4-6,10,16-17,22,30,32,34-36H,7-9H2,1-3H3/b28-14+/t10-,16-,17-,22+,27-/m0/s1. The zero-order chi connectivity index (χ0) is 28.4. The molecule has 0 radical (unpaired) electrons. The lowest BCUT2D eigenvalue weighted by Gasteiger charge is -2.41. The molecule has 206 valence electrons. The average Bonchev–Trinajstić information content (AvgIpc) is 2.90. The Labute approximate surface area is 222 Å².